The highest BCUT2D eigenvalue weighted by atomic mass is 16.5. The summed E-state index contributed by atoms with van der Waals surface area (Å²) in [7, 11) is 3.38. The maximum absolute atomic E-state index is 12.3. The van der Waals surface area contributed by atoms with Crippen molar-refractivity contribution in [1.29, 1.82) is 0 Å². The zero-order valence-corrected chi connectivity index (χ0v) is 18.3. The van der Waals surface area contributed by atoms with Gasteiger partial charge in [0.05, 0.1) is 36.6 Å². The van der Waals surface area contributed by atoms with Crippen LogP contribution in [0, 0.1) is 40.4 Å². The molecular weight excluding hydrogens is 386 g/mol. The van der Waals surface area contributed by atoms with Crippen molar-refractivity contribution in [1.82, 2.24) is 4.90 Å². The quantitative estimate of drug-likeness (QED) is 0.499. The third-order valence-corrected chi connectivity index (χ3v) is 10.9. The van der Waals surface area contributed by atoms with Crippen molar-refractivity contribution in [3.05, 3.63) is 0 Å². The molecule has 0 aromatic heterocycles. The summed E-state index contributed by atoms with van der Waals surface area (Å²) >= 11 is 0. The Bertz CT molecular complexity index is 736. The average Bonchev–Trinajstić information content (AvgIpc) is 3.11. The van der Waals surface area contributed by atoms with Crippen LogP contribution in [0.4, 0.5) is 0 Å². The Morgan fingerprint density at radius 1 is 1.10 bits per heavy atom. The lowest BCUT2D eigenvalue weighted by atomic mass is 9.43. The minimum atomic E-state index is -1.18. The summed E-state index contributed by atoms with van der Waals surface area (Å²) in [6, 6.07) is -0.0735. The van der Waals surface area contributed by atoms with E-state index in [0.29, 0.717) is 19.4 Å². The lowest BCUT2D eigenvalue weighted by Crippen LogP contribution is -2.76. The molecule has 1 saturated heterocycles. The first kappa shape index (κ1) is 20.3. The number of ether oxygens (including phenoxy) is 2. The van der Waals surface area contributed by atoms with E-state index in [-0.39, 0.29) is 47.2 Å². The molecule has 0 radical (unpaired) electrons. The standard InChI is InChI=1S/C23H37NO6/c1-4-24-9-21(10-29-2)6-5-14(25)23-12-7-11-13(30-3)8-22(28,15(12)17(11)26)16(20(23)24)18(27)19(21)23/h11-20,25-28H,4-10H2,1-3H3/t11-,12-,13+,14+,15-,16+,17+,18-,19-,20-,21+,22-,23+/m1/s1. The minimum absolute atomic E-state index is 0.0158. The Morgan fingerprint density at radius 2 is 1.87 bits per heavy atom. The van der Waals surface area contributed by atoms with Gasteiger partial charge in [0.15, 0.2) is 0 Å². The maximum atomic E-state index is 12.3. The molecule has 0 aromatic carbocycles. The van der Waals surface area contributed by atoms with E-state index in [4.69, 9.17) is 9.47 Å². The first-order chi connectivity index (χ1) is 14.3. The van der Waals surface area contributed by atoms with Crippen LogP contribution >= 0.6 is 0 Å². The summed E-state index contributed by atoms with van der Waals surface area (Å²) in [6.07, 6.45) is 0.615. The van der Waals surface area contributed by atoms with Crippen LogP contribution in [0.3, 0.4) is 0 Å². The van der Waals surface area contributed by atoms with Gasteiger partial charge in [-0.05, 0) is 31.7 Å². The van der Waals surface area contributed by atoms with Crippen LogP contribution in [0.25, 0.3) is 0 Å². The van der Waals surface area contributed by atoms with Crippen molar-refractivity contribution in [3.63, 3.8) is 0 Å². The summed E-state index contributed by atoms with van der Waals surface area (Å²) in [6.45, 7) is 4.34. The fourth-order valence-electron chi connectivity index (χ4n) is 10.4. The molecule has 6 aliphatic rings. The number of methoxy groups -OCH3 is 2. The van der Waals surface area contributed by atoms with E-state index in [1.807, 2.05) is 0 Å². The van der Waals surface area contributed by atoms with Gasteiger partial charge in [0, 0.05) is 67.7 Å². The van der Waals surface area contributed by atoms with Crippen molar-refractivity contribution in [2.45, 2.75) is 68.7 Å². The molecule has 1 heterocycles. The van der Waals surface area contributed by atoms with Gasteiger partial charge in [0.2, 0.25) is 0 Å². The fraction of sp³-hybridized carbons (Fsp3) is 1.00. The molecule has 1 spiro atoms. The van der Waals surface area contributed by atoms with Gasteiger partial charge in [-0.1, -0.05) is 6.92 Å². The Balaban J connectivity index is 1.61. The van der Waals surface area contributed by atoms with Crippen LogP contribution in [0.15, 0.2) is 0 Å². The second-order valence-corrected chi connectivity index (χ2v) is 11.3. The number of aliphatic hydroxyl groups excluding tert-OH is 3. The first-order valence-electron chi connectivity index (χ1n) is 11.8. The number of nitrogens with zero attached hydrogens (tertiary/aromatic N) is 1. The van der Waals surface area contributed by atoms with Gasteiger partial charge in [-0.3, -0.25) is 4.90 Å². The zero-order valence-electron chi connectivity index (χ0n) is 18.3. The van der Waals surface area contributed by atoms with Crippen LogP contribution in [0.1, 0.15) is 32.6 Å². The average molecular weight is 424 g/mol. The third kappa shape index (κ3) is 1.91. The van der Waals surface area contributed by atoms with Gasteiger partial charge in [0.1, 0.15) is 0 Å². The normalized spacial score (nSPS) is 63.3. The van der Waals surface area contributed by atoms with Gasteiger partial charge < -0.3 is 29.9 Å². The monoisotopic (exact) mass is 423 g/mol. The van der Waals surface area contributed by atoms with E-state index in [2.05, 4.69) is 11.8 Å². The molecule has 5 saturated carbocycles. The van der Waals surface area contributed by atoms with Gasteiger partial charge in [-0.2, -0.15) is 0 Å². The molecule has 6 rings (SSSR count). The highest BCUT2D eigenvalue weighted by molar-refractivity contribution is 5.35. The zero-order chi connectivity index (χ0) is 21.2. The van der Waals surface area contributed by atoms with Crippen molar-refractivity contribution in [2.75, 3.05) is 33.9 Å². The molecule has 7 heteroatoms. The van der Waals surface area contributed by atoms with Crippen molar-refractivity contribution in [3.8, 4) is 0 Å². The predicted molar refractivity (Wildman–Crippen MR) is 107 cm³/mol. The number of rotatable bonds is 4. The van der Waals surface area contributed by atoms with Gasteiger partial charge in [0.25, 0.3) is 0 Å². The van der Waals surface area contributed by atoms with E-state index in [9.17, 15) is 20.4 Å². The van der Waals surface area contributed by atoms with Crippen LogP contribution in [-0.4, -0.2) is 95.3 Å². The van der Waals surface area contributed by atoms with Gasteiger partial charge >= 0.3 is 0 Å². The fourth-order valence-corrected chi connectivity index (χ4v) is 10.4. The Morgan fingerprint density at radius 3 is 2.53 bits per heavy atom. The summed E-state index contributed by atoms with van der Waals surface area (Å²) in [4.78, 5) is 2.42. The molecule has 170 valence electrons. The molecule has 5 aliphatic carbocycles. The molecule has 4 N–H and O–H groups in total. The minimum Gasteiger partial charge on any atom is -0.392 e. The van der Waals surface area contributed by atoms with Crippen LogP contribution in [0.5, 0.6) is 0 Å². The lowest BCUT2D eigenvalue weighted by Gasteiger charge is -2.68. The van der Waals surface area contributed by atoms with E-state index in [1.165, 1.54) is 0 Å². The maximum Gasteiger partial charge on any atom is 0.0796 e. The molecular formula is C23H37NO6. The molecule has 13 atom stereocenters. The Kier molecular flexibility index (Phi) is 4.19. The Labute approximate surface area is 178 Å². The van der Waals surface area contributed by atoms with E-state index in [0.717, 1.165) is 25.9 Å². The van der Waals surface area contributed by atoms with Gasteiger partial charge in [-0.25, -0.2) is 0 Å². The second-order valence-electron chi connectivity index (χ2n) is 11.3. The number of piperidine rings is 1. The first-order valence-corrected chi connectivity index (χ1v) is 11.8. The molecule has 7 nitrogen and oxygen atoms in total. The van der Waals surface area contributed by atoms with Crippen LogP contribution in [0.2, 0.25) is 0 Å². The number of aliphatic hydroxyl groups is 4. The van der Waals surface area contributed by atoms with Crippen molar-refractivity contribution >= 4 is 0 Å². The number of likely N-dealkylation sites (tertiary alicyclic amines) is 1. The molecule has 7 bridgehead atoms. The van der Waals surface area contributed by atoms with Gasteiger partial charge in [-0.15, -0.1) is 0 Å². The highest BCUT2D eigenvalue weighted by Crippen LogP contribution is 2.78. The van der Waals surface area contributed by atoms with E-state index in [1.54, 1.807) is 14.2 Å². The number of hydrogen-bond acceptors (Lipinski definition) is 7. The van der Waals surface area contributed by atoms with Crippen LogP contribution in [-0.2, 0) is 9.47 Å². The molecule has 30 heavy (non-hydrogen) atoms. The smallest absolute Gasteiger partial charge is 0.0796 e. The summed E-state index contributed by atoms with van der Waals surface area (Å²) in [5, 5.41) is 47.2. The lowest BCUT2D eigenvalue weighted by molar-refractivity contribution is -0.272. The molecule has 0 aromatic rings. The Hall–Kier alpha value is -0.280. The molecule has 6 fully saturated rings. The SMILES string of the molecule is CCN1C[C@]2(COC)CC[C@H](O)[C@@]34[C@@H]5C[C@H]6[C@H](O)[C@@H]5[C@](O)(C[C@@H]6OC)[C@@H]([C@@H](O)[C@H]23)[C@@H]14. The van der Waals surface area contributed by atoms with Crippen molar-refractivity contribution < 1.29 is 29.9 Å². The third-order valence-electron chi connectivity index (χ3n) is 10.9. The second kappa shape index (κ2) is 6.19. The molecule has 0 unspecified atom stereocenters. The molecule has 1 aliphatic heterocycles. The topological polar surface area (TPSA) is 103 Å². The van der Waals surface area contributed by atoms with Crippen molar-refractivity contribution in [2.24, 2.45) is 40.4 Å². The summed E-state index contributed by atoms with van der Waals surface area (Å²) < 4.78 is 11.5. The van der Waals surface area contributed by atoms with E-state index >= 15 is 0 Å². The predicted octanol–water partition coefficient (Wildman–Crippen LogP) is -0.152. The number of hydrogen-bond donors (Lipinski definition) is 4. The summed E-state index contributed by atoms with van der Waals surface area (Å²) in [5.41, 5.74) is -1.92. The highest BCUT2D eigenvalue weighted by Gasteiger charge is 2.85. The van der Waals surface area contributed by atoms with Crippen LogP contribution < -0.4 is 0 Å². The van der Waals surface area contributed by atoms with E-state index < -0.39 is 29.3 Å². The largest absolute Gasteiger partial charge is 0.392 e. The summed E-state index contributed by atoms with van der Waals surface area (Å²) in [5.74, 6) is -0.843. The molecule has 0 amide bonds. The number of fused-ring (bicyclic) bond motifs is 2.